The highest BCUT2D eigenvalue weighted by Crippen LogP contribution is 2.25. The number of hydrogen-bond donors (Lipinski definition) is 1. The number of benzene rings is 2. The third-order valence-electron chi connectivity index (χ3n) is 4.86. The van der Waals surface area contributed by atoms with Crippen molar-refractivity contribution in [2.75, 3.05) is 0 Å². The van der Waals surface area contributed by atoms with Crippen LogP contribution < -0.4 is 5.56 Å². The number of carbonyl (C=O) groups excluding carboxylic acids is 3. The van der Waals surface area contributed by atoms with Gasteiger partial charge in [-0.15, -0.1) is 0 Å². The zero-order valence-corrected chi connectivity index (χ0v) is 15.7. The van der Waals surface area contributed by atoms with E-state index in [4.69, 9.17) is 4.74 Å². The van der Waals surface area contributed by atoms with Gasteiger partial charge in [0.15, 0.2) is 11.9 Å². The number of para-hydroxylation sites is 1. The standard InChI is InChI=1S/C21H17N3O5/c1-11(24-19(26)13-7-3-4-8-14(13)20(24)27)21(28)29-12(2)17-22-16-10-6-5-9-15(16)18(25)23-17/h3-12H,1-2H3,(H,22,23,25)/t11-,12+/m1/s1. The molecule has 0 fully saturated rings. The smallest absolute Gasteiger partial charge is 0.329 e. The largest absolute Gasteiger partial charge is 0.453 e. The second kappa shape index (κ2) is 6.97. The van der Waals surface area contributed by atoms with Gasteiger partial charge in [-0.1, -0.05) is 24.3 Å². The molecule has 1 aliphatic rings. The highest BCUT2D eigenvalue weighted by atomic mass is 16.5. The molecule has 146 valence electrons. The third kappa shape index (κ3) is 3.08. The number of hydrogen-bond acceptors (Lipinski definition) is 6. The average Bonchev–Trinajstić information content (AvgIpc) is 2.98. The number of fused-ring (bicyclic) bond motifs is 2. The van der Waals surface area contributed by atoms with Gasteiger partial charge in [0.05, 0.1) is 22.0 Å². The summed E-state index contributed by atoms with van der Waals surface area (Å²) in [7, 11) is 0. The number of aromatic nitrogens is 2. The molecule has 1 aromatic heterocycles. The maximum Gasteiger partial charge on any atom is 0.329 e. The Morgan fingerprint density at radius 1 is 0.966 bits per heavy atom. The maximum absolute atomic E-state index is 12.6. The van der Waals surface area contributed by atoms with Gasteiger partial charge < -0.3 is 9.72 Å². The first-order valence-corrected chi connectivity index (χ1v) is 9.05. The summed E-state index contributed by atoms with van der Waals surface area (Å²) < 4.78 is 5.39. The number of rotatable bonds is 4. The van der Waals surface area contributed by atoms with Crippen LogP contribution in [-0.4, -0.2) is 38.7 Å². The number of imide groups is 1. The number of carbonyl (C=O) groups is 3. The van der Waals surface area contributed by atoms with Crippen LogP contribution in [0.2, 0.25) is 0 Å². The van der Waals surface area contributed by atoms with Gasteiger partial charge in [0, 0.05) is 0 Å². The fourth-order valence-corrected chi connectivity index (χ4v) is 3.29. The molecule has 2 aromatic carbocycles. The van der Waals surface area contributed by atoms with Gasteiger partial charge in [-0.05, 0) is 38.1 Å². The molecule has 0 unspecified atom stereocenters. The fraction of sp³-hybridized carbons (Fsp3) is 0.190. The molecular weight excluding hydrogens is 374 g/mol. The lowest BCUT2D eigenvalue weighted by molar-refractivity contribution is -0.153. The van der Waals surface area contributed by atoms with E-state index in [1.54, 1.807) is 55.5 Å². The second-order valence-corrected chi connectivity index (χ2v) is 6.75. The summed E-state index contributed by atoms with van der Waals surface area (Å²) in [5, 5.41) is 0.425. The number of ether oxygens (including phenoxy) is 1. The van der Waals surface area contributed by atoms with Crippen molar-refractivity contribution in [1.82, 2.24) is 14.9 Å². The third-order valence-corrected chi connectivity index (χ3v) is 4.86. The van der Waals surface area contributed by atoms with Crippen molar-refractivity contribution in [3.05, 3.63) is 75.8 Å². The second-order valence-electron chi connectivity index (χ2n) is 6.75. The van der Waals surface area contributed by atoms with Gasteiger partial charge in [-0.25, -0.2) is 9.78 Å². The first-order chi connectivity index (χ1) is 13.9. The maximum atomic E-state index is 12.6. The predicted octanol–water partition coefficient (Wildman–Crippen LogP) is 2.21. The van der Waals surface area contributed by atoms with E-state index in [0.29, 0.717) is 10.9 Å². The Hall–Kier alpha value is -3.81. The average molecular weight is 391 g/mol. The first-order valence-electron chi connectivity index (χ1n) is 9.05. The first kappa shape index (κ1) is 18.5. The van der Waals surface area contributed by atoms with Crippen LogP contribution in [0.15, 0.2) is 53.3 Å². The van der Waals surface area contributed by atoms with Gasteiger partial charge in [-0.2, -0.15) is 0 Å². The lowest BCUT2D eigenvalue weighted by Crippen LogP contribution is -2.44. The van der Waals surface area contributed by atoms with E-state index in [2.05, 4.69) is 9.97 Å². The van der Waals surface area contributed by atoms with Crippen molar-refractivity contribution in [2.24, 2.45) is 0 Å². The fourth-order valence-electron chi connectivity index (χ4n) is 3.29. The van der Waals surface area contributed by atoms with E-state index in [1.807, 2.05) is 0 Å². The molecule has 1 N–H and O–H groups in total. The summed E-state index contributed by atoms with van der Waals surface area (Å²) in [4.78, 5) is 57.7. The van der Waals surface area contributed by atoms with Crippen LogP contribution in [0, 0.1) is 0 Å². The summed E-state index contributed by atoms with van der Waals surface area (Å²) in [5.41, 5.74) is 0.640. The number of nitrogens with one attached hydrogen (secondary N) is 1. The zero-order valence-electron chi connectivity index (χ0n) is 15.7. The number of aromatic amines is 1. The molecule has 0 bridgehead atoms. The molecule has 0 spiro atoms. The Labute approximate surface area is 165 Å². The van der Waals surface area contributed by atoms with Crippen LogP contribution >= 0.6 is 0 Å². The van der Waals surface area contributed by atoms with Crippen molar-refractivity contribution in [3.8, 4) is 0 Å². The molecule has 2 atom stereocenters. The predicted molar refractivity (Wildman–Crippen MR) is 103 cm³/mol. The van der Waals surface area contributed by atoms with E-state index >= 15 is 0 Å². The molecular formula is C21H17N3O5. The Morgan fingerprint density at radius 3 is 2.21 bits per heavy atom. The van der Waals surface area contributed by atoms with E-state index in [1.165, 1.54) is 6.92 Å². The topological polar surface area (TPSA) is 109 Å². The number of nitrogens with zero attached hydrogens (tertiary/aromatic N) is 2. The summed E-state index contributed by atoms with van der Waals surface area (Å²) in [6.45, 7) is 2.98. The monoisotopic (exact) mass is 391 g/mol. The molecule has 8 heteroatoms. The van der Waals surface area contributed by atoms with E-state index in [-0.39, 0.29) is 22.5 Å². The van der Waals surface area contributed by atoms with E-state index in [9.17, 15) is 19.2 Å². The summed E-state index contributed by atoms with van der Waals surface area (Å²) >= 11 is 0. The van der Waals surface area contributed by atoms with Crippen LogP contribution in [0.25, 0.3) is 10.9 Å². The quantitative estimate of drug-likeness (QED) is 0.539. The molecule has 0 saturated carbocycles. The van der Waals surface area contributed by atoms with Crippen LogP contribution in [0.4, 0.5) is 0 Å². The molecule has 1 aliphatic heterocycles. The highest BCUT2D eigenvalue weighted by molar-refractivity contribution is 6.22. The van der Waals surface area contributed by atoms with Crippen LogP contribution in [0.3, 0.4) is 0 Å². The van der Waals surface area contributed by atoms with E-state index < -0.39 is 29.9 Å². The summed E-state index contributed by atoms with van der Waals surface area (Å²) in [5.74, 6) is -1.68. The summed E-state index contributed by atoms with van der Waals surface area (Å²) in [6, 6.07) is 12.1. The van der Waals surface area contributed by atoms with Gasteiger partial charge in [0.2, 0.25) is 0 Å². The Kier molecular flexibility index (Phi) is 4.46. The highest BCUT2D eigenvalue weighted by Gasteiger charge is 2.41. The number of esters is 1. The van der Waals surface area contributed by atoms with Gasteiger partial charge >= 0.3 is 5.97 Å². The van der Waals surface area contributed by atoms with Crippen LogP contribution in [0.1, 0.15) is 46.5 Å². The minimum Gasteiger partial charge on any atom is -0.453 e. The molecule has 0 saturated heterocycles. The Balaban J connectivity index is 1.55. The molecule has 4 rings (SSSR count). The lowest BCUT2D eigenvalue weighted by Gasteiger charge is -2.22. The van der Waals surface area contributed by atoms with E-state index in [0.717, 1.165) is 4.90 Å². The Morgan fingerprint density at radius 2 is 1.55 bits per heavy atom. The van der Waals surface area contributed by atoms with Crippen LogP contribution in [0.5, 0.6) is 0 Å². The van der Waals surface area contributed by atoms with Crippen molar-refractivity contribution in [1.29, 1.82) is 0 Å². The van der Waals surface area contributed by atoms with Gasteiger partial charge in [-0.3, -0.25) is 19.3 Å². The van der Waals surface area contributed by atoms with Crippen molar-refractivity contribution in [3.63, 3.8) is 0 Å². The lowest BCUT2D eigenvalue weighted by atomic mass is 10.1. The minimum absolute atomic E-state index is 0.177. The number of H-pyrrole nitrogens is 1. The van der Waals surface area contributed by atoms with Crippen molar-refractivity contribution < 1.29 is 19.1 Å². The normalized spacial score (nSPS) is 15.3. The zero-order chi connectivity index (χ0) is 20.7. The van der Waals surface area contributed by atoms with Crippen molar-refractivity contribution in [2.45, 2.75) is 26.0 Å². The molecule has 0 radical (unpaired) electrons. The number of amides is 2. The molecule has 29 heavy (non-hydrogen) atoms. The molecule has 2 heterocycles. The Bertz CT molecular complexity index is 1180. The molecule has 3 aromatic rings. The van der Waals surface area contributed by atoms with Crippen LogP contribution in [-0.2, 0) is 9.53 Å². The molecule has 8 nitrogen and oxygen atoms in total. The molecule has 2 amide bonds. The van der Waals surface area contributed by atoms with Gasteiger partial charge in [0.25, 0.3) is 17.4 Å². The minimum atomic E-state index is -1.13. The van der Waals surface area contributed by atoms with Crippen molar-refractivity contribution >= 4 is 28.7 Å². The SMILES string of the molecule is C[C@H](OC(=O)[C@@H](C)N1C(=O)c2ccccc2C1=O)c1nc2ccccc2c(=O)[nH]1. The summed E-state index contributed by atoms with van der Waals surface area (Å²) in [6.07, 6.45) is -0.877. The van der Waals surface area contributed by atoms with Gasteiger partial charge in [0.1, 0.15) is 6.04 Å². The molecule has 0 aliphatic carbocycles.